The highest BCUT2D eigenvalue weighted by Gasteiger charge is 2.40. The van der Waals surface area contributed by atoms with E-state index >= 15 is 0 Å². The van der Waals surface area contributed by atoms with Gasteiger partial charge in [0.25, 0.3) is 15.9 Å². The van der Waals surface area contributed by atoms with Crippen LogP contribution in [0.5, 0.6) is 0 Å². The minimum atomic E-state index is -3.90. The second-order valence-corrected chi connectivity index (χ2v) is 9.43. The van der Waals surface area contributed by atoms with Crippen molar-refractivity contribution in [2.45, 2.75) is 36.6 Å². The largest absolute Gasteiger partial charge is 0.349 e. The zero-order valence-electron chi connectivity index (χ0n) is 14.7. The van der Waals surface area contributed by atoms with Gasteiger partial charge in [0, 0.05) is 17.3 Å². The fourth-order valence-electron chi connectivity index (χ4n) is 4.24. The van der Waals surface area contributed by atoms with Crippen molar-refractivity contribution in [3.8, 4) is 0 Å². The average Bonchev–Trinajstić information content (AvgIpc) is 3.25. The van der Waals surface area contributed by atoms with Gasteiger partial charge in [-0.25, -0.2) is 8.42 Å². The van der Waals surface area contributed by atoms with E-state index in [-0.39, 0.29) is 21.9 Å². The first kappa shape index (κ1) is 18.3. The topological polar surface area (TPSA) is 75.3 Å². The zero-order valence-corrected chi connectivity index (χ0v) is 16.3. The molecule has 27 heavy (non-hydrogen) atoms. The Hall–Kier alpha value is -2.05. The molecular weight excluding hydrogens is 384 g/mol. The Kier molecular flexibility index (Phi) is 4.86. The van der Waals surface area contributed by atoms with Crippen LogP contribution in [0.15, 0.2) is 53.4 Å². The highest BCUT2D eigenvalue weighted by atomic mass is 35.5. The van der Waals surface area contributed by atoms with Crippen LogP contribution in [0.1, 0.15) is 36.0 Å². The van der Waals surface area contributed by atoms with Gasteiger partial charge in [-0.2, -0.15) is 0 Å². The number of carbonyl (C=O) groups excluding carboxylic acids is 1. The first-order chi connectivity index (χ1) is 12.9. The molecule has 2 saturated carbocycles. The number of hydrogen-bond acceptors (Lipinski definition) is 3. The van der Waals surface area contributed by atoms with Crippen molar-refractivity contribution in [3.63, 3.8) is 0 Å². The molecule has 2 bridgehead atoms. The lowest BCUT2D eigenvalue weighted by molar-refractivity contribution is 0.0922. The fourth-order valence-corrected chi connectivity index (χ4v) is 5.83. The van der Waals surface area contributed by atoms with Crippen LogP contribution in [0.2, 0.25) is 5.02 Å². The maximum Gasteiger partial charge on any atom is 0.263 e. The third-order valence-electron chi connectivity index (χ3n) is 5.56. The molecule has 2 aromatic rings. The molecule has 3 atom stereocenters. The summed E-state index contributed by atoms with van der Waals surface area (Å²) in [5, 5.41) is 3.16. The van der Waals surface area contributed by atoms with Crippen molar-refractivity contribution in [3.05, 3.63) is 59.1 Å². The molecule has 0 saturated heterocycles. The lowest BCUT2D eigenvalue weighted by Gasteiger charge is -2.23. The lowest BCUT2D eigenvalue weighted by Crippen LogP contribution is -2.38. The highest BCUT2D eigenvalue weighted by molar-refractivity contribution is 7.92. The molecule has 2 fully saturated rings. The molecule has 142 valence electrons. The van der Waals surface area contributed by atoms with E-state index in [1.54, 1.807) is 36.4 Å². The number of fused-ring (bicyclic) bond motifs is 2. The summed E-state index contributed by atoms with van der Waals surface area (Å²) < 4.78 is 27.9. The van der Waals surface area contributed by atoms with Crippen LogP contribution in [0.4, 0.5) is 5.69 Å². The van der Waals surface area contributed by atoms with Crippen LogP contribution >= 0.6 is 11.6 Å². The van der Waals surface area contributed by atoms with Crippen LogP contribution in [0, 0.1) is 11.8 Å². The molecule has 0 unspecified atom stereocenters. The van der Waals surface area contributed by atoms with E-state index in [0.29, 0.717) is 17.2 Å². The number of amides is 1. The van der Waals surface area contributed by atoms with Gasteiger partial charge in [-0.1, -0.05) is 36.2 Å². The van der Waals surface area contributed by atoms with Gasteiger partial charge >= 0.3 is 0 Å². The number of para-hydroxylation sites is 1. The summed E-state index contributed by atoms with van der Waals surface area (Å²) in [6.45, 7) is 0. The van der Waals surface area contributed by atoms with Crippen molar-refractivity contribution < 1.29 is 13.2 Å². The van der Waals surface area contributed by atoms with Crippen LogP contribution in [0.25, 0.3) is 0 Å². The van der Waals surface area contributed by atoms with Crippen molar-refractivity contribution >= 4 is 33.2 Å². The minimum Gasteiger partial charge on any atom is -0.349 e. The van der Waals surface area contributed by atoms with E-state index in [1.807, 2.05) is 0 Å². The quantitative estimate of drug-likeness (QED) is 0.789. The van der Waals surface area contributed by atoms with Gasteiger partial charge in [0.15, 0.2) is 0 Å². The maximum atomic E-state index is 12.7. The van der Waals surface area contributed by atoms with E-state index in [1.165, 1.54) is 25.0 Å². The number of sulfonamides is 1. The van der Waals surface area contributed by atoms with Crippen LogP contribution in [-0.4, -0.2) is 20.4 Å². The molecule has 0 heterocycles. The fraction of sp³-hybridized carbons (Fsp3) is 0.350. The summed E-state index contributed by atoms with van der Waals surface area (Å²) in [7, 11) is -3.90. The smallest absolute Gasteiger partial charge is 0.263 e. The molecule has 0 aromatic heterocycles. The molecule has 2 aliphatic rings. The van der Waals surface area contributed by atoms with Crippen molar-refractivity contribution in [1.29, 1.82) is 0 Å². The van der Waals surface area contributed by atoms with E-state index < -0.39 is 10.0 Å². The normalized spacial score (nSPS) is 24.0. The second kappa shape index (κ2) is 7.17. The molecule has 5 nitrogen and oxygen atoms in total. The van der Waals surface area contributed by atoms with Crippen molar-refractivity contribution in [2.24, 2.45) is 11.8 Å². The molecule has 7 heteroatoms. The number of hydrogen-bond donors (Lipinski definition) is 2. The van der Waals surface area contributed by atoms with Crippen LogP contribution in [-0.2, 0) is 10.0 Å². The van der Waals surface area contributed by atoms with E-state index in [9.17, 15) is 13.2 Å². The first-order valence-electron chi connectivity index (χ1n) is 9.10. The van der Waals surface area contributed by atoms with Gasteiger partial charge in [-0.15, -0.1) is 0 Å². The molecule has 1 amide bonds. The van der Waals surface area contributed by atoms with Gasteiger partial charge in [-0.05, 0) is 61.4 Å². The summed E-state index contributed by atoms with van der Waals surface area (Å²) in [5.74, 6) is 1.02. The maximum absolute atomic E-state index is 12.7. The third kappa shape index (κ3) is 3.82. The summed E-state index contributed by atoms with van der Waals surface area (Å²) in [5.41, 5.74) is 0.737. The van der Waals surface area contributed by atoms with Crippen molar-refractivity contribution in [1.82, 2.24) is 5.32 Å². The Morgan fingerprint density at radius 1 is 1.04 bits per heavy atom. The van der Waals surface area contributed by atoms with E-state index in [0.717, 1.165) is 18.8 Å². The number of benzene rings is 2. The molecule has 0 radical (unpaired) electrons. The predicted octanol–water partition coefficient (Wildman–Crippen LogP) is 4.06. The van der Waals surface area contributed by atoms with Gasteiger partial charge in [0.2, 0.25) is 0 Å². The Labute approximate surface area is 164 Å². The molecule has 2 aromatic carbocycles. The van der Waals surface area contributed by atoms with Gasteiger partial charge < -0.3 is 5.32 Å². The summed E-state index contributed by atoms with van der Waals surface area (Å²) in [6.07, 6.45) is 4.62. The minimum absolute atomic E-state index is 0.0786. The number of halogens is 1. The number of nitrogens with one attached hydrogen (secondary N) is 2. The summed E-state index contributed by atoms with van der Waals surface area (Å²) >= 11 is 6.12. The molecule has 2 N–H and O–H groups in total. The predicted molar refractivity (Wildman–Crippen MR) is 105 cm³/mol. The Morgan fingerprint density at radius 3 is 2.48 bits per heavy atom. The standard InChI is InChI=1S/C20H21ClN2O3S/c21-17-9-8-15(20(24)22-18-11-13-6-7-14(18)10-13)12-19(17)27(25,26)23-16-4-2-1-3-5-16/h1-5,8-9,12-14,18,23H,6-7,10-11H2,(H,22,24)/t13-,14-,18+/m0/s1. The first-order valence-corrected chi connectivity index (χ1v) is 11.0. The molecule has 2 aliphatic carbocycles. The molecule has 4 rings (SSSR count). The van der Waals surface area contributed by atoms with E-state index in [2.05, 4.69) is 10.0 Å². The lowest BCUT2D eigenvalue weighted by atomic mass is 9.95. The number of carbonyl (C=O) groups is 1. The number of anilines is 1. The third-order valence-corrected chi connectivity index (χ3v) is 7.43. The summed E-state index contributed by atoms with van der Waals surface area (Å²) in [6, 6.07) is 13.1. The van der Waals surface area contributed by atoms with Crippen molar-refractivity contribution in [2.75, 3.05) is 4.72 Å². The van der Waals surface area contributed by atoms with Gasteiger partial charge in [0.1, 0.15) is 4.90 Å². The van der Waals surface area contributed by atoms with Crippen LogP contribution < -0.4 is 10.0 Å². The Balaban J connectivity index is 1.55. The zero-order chi connectivity index (χ0) is 19.0. The SMILES string of the molecule is O=C(N[C@@H]1C[C@H]2CC[C@H]1C2)c1ccc(Cl)c(S(=O)(=O)Nc2ccccc2)c1. The van der Waals surface area contributed by atoms with Gasteiger partial charge in [0.05, 0.1) is 5.02 Å². The van der Waals surface area contributed by atoms with Gasteiger partial charge in [-0.3, -0.25) is 9.52 Å². The average molecular weight is 405 g/mol. The van der Waals surface area contributed by atoms with Crippen LogP contribution in [0.3, 0.4) is 0 Å². The van der Waals surface area contributed by atoms with E-state index in [4.69, 9.17) is 11.6 Å². The highest BCUT2D eigenvalue weighted by Crippen LogP contribution is 2.44. The Bertz CT molecular complexity index is 962. The monoisotopic (exact) mass is 404 g/mol. The molecule has 0 spiro atoms. The summed E-state index contributed by atoms with van der Waals surface area (Å²) in [4.78, 5) is 12.6. The number of rotatable bonds is 5. The Morgan fingerprint density at radius 2 is 1.81 bits per heavy atom. The molecule has 0 aliphatic heterocycles. The second-order valence-electron chi connectivity index (χ2n) is 7.37. The molecular formula is C20H21ClN2O3S.